The minimum Gasteiger partial charge on any atom is -0.368 e. The number of hydrogen-bond acceptors (Lipinski definition) is 6. The van der Waals surface area contributed by atoms with Gasteiger partial charge in [0.25, 0.3) is 0 Å². The van der Waals surface area contributed by atoms with E-state index in [1.165, 1.54) is 4.88 Å². The van der Waals surface area contributed by atoms with Gasteiger partial charge in [0.15, 0.2) is 0 Å². The van der Waals surface area contributed by atoms with Crippen molar-refractivity contribution in [3.63, 3.8) is 0 Å². The lowest BCUT2D eigenvalue weighted by Gasteiger charge is -2.00. The van der Waals surface area contributed by atoms with Gasteiger partial charge >= 0.3 is 0 Å². The summed E-state index contributed by atoms with van der Waals surface area (Å²) in [6.07, 6.45) is 4.78. The zero-order chi connectivity index (χ0) is 13.4. The van der Waals surface area contributed by atoms with E-state index < -0.39 is 0 Å². The maximum Gasteiger partial charge on any atom is 0.222 e. The molecule has 0 atom stereocenters. The van der Waals surface area contributed by atoms with Crippen molar-refractivity contribution >= 4 is 39.3 Å². The zero-order valence-corrected chi connectivity index (χ0v) is 12.3. The molecule has 98 valence electrons. The minimum atomic E-state index is 0.323. The molecule has 3 heterocycles. The number of aromatic nitrogens is 4. The van der Waals surface area contributed by atoms with Crippen LogP contribution in [0.4, 0.5) is 5.95 Å². The fourth-order valence-electron chi connectivity index (χ4n) is 1.78. The topological polar surface area (TPSA) is 69.6 Å². The SMILES string of the molecule is CCc1cc2c(Sc3cnn(C)c3)nc(N)nc2s1. The number of aryl methyl sites for hydroxylation is 2. The van der Waals surface area contributed by atoms with Crippen molar-refractivity contribution in [3.8, 4) is 0 Å². The average Bonchev–Trinajstić information content (AvgIpc) is 2.95. The van der Waals surface area contributed by atoms with Crippen molar-refractivity contribution in [1.29, 1.82) is 0 Å². The van der Waals surface area contributed by atoms with Gasteiger partial charge in [0.05, 0.1) is 11.1 Å². The van der Waals surface area contributed by atoms with Crippen LogP contribution >= 0.6 is 23.1 Å². The third-order valence-electron chi connectivity index (χ3n) is 2.67. The van der Waals surface area contributed by atoms with Crippen molar-refractivity contribution in [3.05, 3.63) is 23.3 Å². The van der Waals surface area contributed by atoms with Crippen LogP contribution in [-0.2, 0) is 13.5 Å². The fourth-order valence-corrected chi connectivity index (χ4v) is 3.75. The summed E-state index contributed by atoms with van der Waals surface area (Å²) >= 11 is 3.24. The highest BCUT2D eigenvalue weighted by Gasteiger charge is 2.12. The molecule has 7 heteroatoms. The van der Waals surface area contributed by atoms with Gasteiger partial charge in [-0.1, -0.05) is 18.7 Å². The van der Waals surface area contributed by atoms with E-state index in [2.05, 4.69) is 28.1 Å². The lowest BCUT2D eigenvalue weighted by atomic mass is 10.3. The van der Waals surface area contributed by atoms with Crippen LogP contribution in [-0.4, -0.2) is 19.7 Å². The minimum absolute atomic E-state index is 0.323. The highest BCUT2D eigenvalue weighted by molar-refractivity contribution is 7.99. The maximum atomic E-state index is 5.78. The van der Waals surface area contributed by atoms with Gasteiger partial charge in [0.2, 0.25) is 5.95 Å². The summed E-state index contributed by atoms with van der Waals surface area (Å²) in [5.74, 6) is 0.323. The summed E-state index contributed by atoms with van der Waals surface area (Å²) in [5, 5.41) is 6.13. The number of thiophene rings is 1. The third kappa shape index (κ3) is 2.43. The number of nitrogens with two attached hydrogens (primary N) is 1. The van der Waals surface area contributed by atoms with Crippen LogP contribution in [0.5, 0.6) is 0 Å². The summed E-state index contributed by atoms with van der Waals surface area (Å²) < 4.78 is 1.77. The van der Waals surface area contributed by atoms with Gasteiger partial charge in [-0.3, -0.25) is 4.68 Å². The molecule has 0 fully saturated rings. The van der Waals surface area contributed by atoms with Gasteiger partial charge in [0, 0.05) is 23.5 Å². The second-order valence-corrected chi connectivity index (χ2v) is 6.30. The van der Waals surface area contributed by atoms with E-state index in [4.69, 9.17) is 5.73 Å². The van der Waals surface area contributed by atoms with Crippen molar-refractivity contribution in [2.45, 2.75) is 23.3 Å². The number of rotatable bonds is 3. The number of fused-ring (bicyclic) bond motifs is 1. The molecule has 0 bridgehead atoms. The molecule has 0 aromatic carbocycles. The van der Waals surface area contributed by atoms with Crippen molar-refractivity contribution in [2.75, 3.05) is 5.73 Å². The molecule has 0 aliphatic rings. The Morgan fingerprint density at radius 2 is 2.26 bits per heavy atom. The van der Waals surface area contributed by atoms with Gasteiger partial charge in [-0.05, 0) is 12.5 Å². The predicted molar refractivity (Wildman–Crippen MR) is 78.5 cm³/mol. The highest BCUT2D eigenvalue weighted by Crippen LogP contribution is 2.35. The fraction of sp³-hybridized carbons (Fsp3) is 0.250. The molecule has 0 saturated heterocycles. The van der Waals surface area contributed by atoms with Crippen LogP contribution in [0.15, 0.2) is 28.4 Å². The summed E-state index contributed by atoms with van der Waals surface area (Å²) in [6, 6.07) is 2.15. The van der Waals surface area contributed by atoms with Crippen LogP contribution in [0.1, 0.15) is 11.8 Å². The number of nitrogens with zero attached hydrogens (tertiary/aromatic N) is 4. The Kier molecular flexibility index (Phi) is 3.16. The first-order valence-electron chi connectivity index (χ1n) is 5.88. The number of hydrogen-bond donors (Lipinski definition) is 1. The van der Waals surface area contributed by atoms with Crippen molar-refractivity contribution in [1.82, 2.24) is 19.7 Å². The molecule has 3 rings (SSSR count). The molecule has 0 unspecified atom stereocenters. The molecule has 2 N–H and O–H groups in total. The third-order valence-corrected chi connectivity index (χ3v) is 4.79. The van der Waals surface area contributed by atoms with Gasteiger partial charge in [-0.15, -0.1) is 11.3 Å². The molecular weight excluding hydrogens is 278 g/mol. The van der Waals surface area contributed by atoms with Gasteiger partial charge in [-0.2, -0.15) is 5.10 Å². The van der Waals surface area contributed by atoms with Crippen LogP contribution in [0.25, 0.3) is 10.2 Å². The lowest BCUT2D eigenvalue weighted by molar-refractivity contribution is 0.766. The molecule has 0 spiro atoms. The smallest absolute Gasteiger partial charge is 0.222 e. The van der Waals surface area contributed by atoms with E-state index in [1.54, 1.807) is 27.8 Å². The van der Waals surface area contributed by atoms with Crippen LogP contribution < -0.4 is 5.73 Å². The highest BCUT2D eigenvalue weighted by atomic mass is 32.2. The molecule has 0 saturated carbocycles. The van der Waals surface area contributed by atoms with Crippen molar-refractivity contribution < 1.29 is 0 Å². The Bertz CT molecular complexity index is 731. The average molecular weight is 291 g/mol. The molecule has 19 heavy (non-hydrogen) atoms. The zero-order valence-electron chi connectivity index (χ0n) is 10.6. The second-order valence-electron chi connectivity index (χ2n) is 4.12. The van der Waals surface area contributed by atoms with Gasteiger partial charge in [-0.25, -0.2) is 9.97 Å². The Balaban J connectivity index is 2.08. The molecule has 0 radical (unpaired) electrons. The Morgan fingerprint density at radius 1 is 1.42 bits per heavy atom. The van der Waals surface area contributed by atoms with E-state index in [1.807, 2.05) is 19.4 Å². The first-order valence-corrected chi connectivity index (χ1v) is 7.51. The molecule has 0 aliphatic carbocycles. The normalized spacial score (nSPS) is 11.3. The predicted octanol–water partition coefficient (Wildman–Crippen LogP) is 2.72. The molecular formula is C12H13N5S2. The van der Waals surface area contributed by atoms with Gasteiger partial charge < -0.3 is 5.73 Å². The Labute approximate surface area is 118 Å². The monoisotopic (exact) mass is 291 g/mol. The molecule has 3 aromatic heterocycles. The van der Waals surface area contributed by atoms with Crippen LogP contribution in [0.3, 0.4) is 0 Å². The van der Waals surface area contributed by atoms with E-state index >= 15 is 0 Å². The van der Waals surface area contributed by atoms with Crippen molar-refractivity contribution in [2.24, 2.45) is 7.05 Å². The van der Waals surface area contributed by atoms with E-state index in [0.29, 0.717) is 5.95 Å². The van der Waals surface area contributed by atoms with Crippen LogP contribution in [0, 0.1) is 0 Å². The quantitative estimate of drug-likeness (QED) is 0.751. The Hall–Kier alpha value is -1.60. The standard InChI is InChI=1S/C12H13N5S2/c1-3-7-4-9-10(18-7)15-12(13)16-11(9)19-8-5-14-17(2)6-8/h4-6H,3H2,1-2H3,(H2,13,15,16). The first-order chi connectivity index (χ1) is 9.15. The molecule has 0 aliphatic heterocycles. The summed E-state index contributed by atoms with van der Waals surface area (Å²) in [4.78, 5) is 12.0. The number of nitrogen functional groups attached to an aromatic ring is 1. The van der Waals surface area contributed by atoms with E-state index in [-0.39, 0.29) is 0 Å². The summed E-state index contributed by atoms with van der Waals surface area (Å²) in [7, 11) is 1.90. The maximum absolute atomic E-state index is 5.78. The van der Waals surface area contributed by atoms with Gasteiger partial charge in [0.1, 0.15) is 9.86 Å². The molecule has 5 nitrogen and oxygen atoms in total. The van der Waals surface area contributed by atoms with E-state index in [9.17, 15) is 0 Å². The van der Waals surface area contributed by atoms with E-state index in [0.717, 1.165) is 26.6 Å². The lowest BCUT2D eigenvalue weighted by Crippen LogP contribution is -1.95. The molecule has 0 amide bonds. The number of anilines is 1. The Morgan fingerprint density at radius 3 is 2.95 bits per heavy atom. The summed E-state index contributed by atoms with van der Waals surface area (Å²) in [5.41, 5.74) is 5.78. The first kappa shape index (κ1) is 12.4. The largest absolute Gasteiger partial charge is 0.368 e. The summed E-state index contributed by atoms with van der Waals surface area (Å²) in [6.45, 7) is 2.13. The van der Waals surface area contributed by atoms with Crippen LogP contribution in [0.2, 0.25) is 0 Å². The second kappa shape index (κ2) is 4.82. The molecule has 3 aromatic rings.